The normalized spacial score (nSPS) is 12.3. The molecule has 0 aliphatic carbocycles. The van der Waals surface area contributed by atoms with E-state index in [1.807, 2.05) is 6.92 Å². The molecule has 9 heteroatoms. The van der Waals surface area contributed by atoms with Gasteiger partial charge in [-0.1, -0.05) is 18.5 Å². The topological polar surface area (TPSA) is 92.0 Å². The van der Waals surface area contributed by atoms with Gasteiger partial charge in [-0.2, -0.15) is 0 Å². The maximum atomic E-state index is 12.8. The number of nitrogens with zero attached hydrogens (tertiary/aromatic N) is 5. The quantitative estimate of drug-likeness (QED) is 0.598. The summed E-state index contributed by atoms with van der Waals surface area (Å²) in [5.74, 6) is 0.398. The average Bonchev–Trinajstić information content (AvgIpc) is 2.67. The van der Waals surface area contributed by atoms with Crippen molar-refractivity contribution in [3.63, 3.8) is 0 Å². The first-order valence-corrected chi connectivity index (χ1v) is 8.83. The number of pyridine rings is 1. The van der Waals surface area contributed by atoms with Gasteiger partial charge in [0.2, 0.25) is 5.88 Å². The van der Waals surface area contributed by atoms with Gasteiger partial charge in [0, 0.05) is 18.7 Å². The summed E-state index contributed by atoms with van der Waals surface area (Å²) in [7, 11) is 3.12. The molecule has 0 spiro atoms. The molecular formula is C18H20ClN5O3. The molecule has 0 radical (unpaired) electrons. The van der Waals surface area contributed by atoms with E-state index in [2.05, 4.69) is 19.9 Å². The largest absolute Gasteiger partial charge is 0.481 e. The van der Waals surface area contributed by atoms with Crippen LogP contribution in [0.15, 0.2) is 23.3 Å². The molecule has 3 aromatic rings. The van der Waals surface area contributed by atoms with Crippen LogP contribution in [-0.2, 0) is 4.74 Å². The second-order valence-corrected chi connectivity index (χ2v) is 6.33. The zero-order valence-corrected chi connectivity index (χ0v) is 16.3. The number of methoxy groups -OCH3 is 2. The van der Waals surface area contributed by atoms with Crippen molar-refractivity contribution in [3.8, 4) is 17.1 Å². The van der Waals surface area contributed by atoms with Crippen LogP contribution in [0.3, 0.4) is 0 Å². The Kier molecular flexibility index (Phi) is 5.67. The maximum Gasteiger partial charge on any atom is 0.273 e. The van der Waals surface area contributed by atoms with Crippen molar-refractivity contribution in [1.82, 2.24) is 24.5 Å². The SMILES string of the molecule is CC[C@H](COC)n1c(=O)c(C)nc2c(-c3ccc(OC)nc3Cl)ncnc21. The molecule has 0 saturated heterocycles. The van der Waals surface area contributed by atoms with Gasteiger partial charge in [0.25, 0.3) is 5.56 Å². The first-order chi connectivity index (χ1) is 13.0. The summed E-state index contributed by atoms with van der Waals surface area (Å²) in [6.45, 7) is 4.05. The summed E-state index contributed by atoms with van der Waals surface area (Å²) < 4.78 is 12.0. The molecule has 0 aliphatic rings. The van der Waals surface area contributed by atoms with E-state index < -0.39 is 0 Å². The lowest BCUT2D eigenvalue weighted by atomic mass is 10.1. The molecule has 142 valence electrons. The minimum Gasteiger partial charge on any atom is -0.481 e. The Morgan fingerprint density at radius 3 is 2.63 bits per heavy atom. The Bertz CT molecular complexity index is 1040. The van der Waals surface area contributed by atoms with Crippen molar-refractivity contribution in [3.05, 3.63) is 39.7 Å². The Labute approximate surface area is 161 Å². The number of hydrogen-bond acceptors (Lipinski definition) is 7. The molecule has 0 N–H and O–H groups in total. The number of aromatic nitrogens is 5. The predicted molar refractivity (Wildman–Crippen MR) is 102 cm³/mol. The number of hydrogen-bond donors (Lipinski definition) is 0. The van der Waals surface area contributed by atoms with Crippen molar-refractivity contribution < 1.29 is 9.47 Å². The van der Waals surface area contributed by atoms with E-state index in [4.69, 9.17) is 21.1 Å². The van der Waals surface area contributed by atoms with Crippen LogP contribution in [-0.4, -0.2) is 45.3 Å². The van der Waals surface area contributed by atoms with E-state index >= 15 is 0 Å². The maximum absolute atomic E-state index is 12.8. The van der Waals surface area contributed by atoms with Crippen molar-refractivity contribution in [2.45, 2.75) is 26.3 Å². The molecule has 1 atom stereocenters. The number of ether oxygens (including phenoxy) is 2. The first kappa shape index (κ1) is 19.2. The highest BCUT2D eigenvalue weighted by molar-refractivity contribution is 6.32. The third kappa shape index (κ3) is 3.50. The van der Waals surface area contributed by atoms with Crippen molar-refractivity contribution in [1.29, 1.82) is 0 Å². The van der Waals surface area contributed by atoms with E-state index in [9.17, 15) is 4.79 Å². The molecular weight excluding hydrogens is 370 g/mol. The van der Waals surface area contributed by atoms with Gasteiger partial charge >= 0.3 is 0 Å². The Morgan fingerprint density at radius 1 is 1.22 bits per heavy atom. The van der Waals surface area contributed by atoms with Crippen LogP contribution >= 0.6 is 11.6 Å². The minimum atomic E-state index is -0.199. The van der Waals surface area contributed by atoms with Crippen LogP contribution in [0, 0.1) is 6.92 Å². The summed E-state index contributed by atoms with van der Waals surface area (Å²) in [6.07, 6.45) is 2.10. The molecule has 3 rings (SSSR count). The number of halogens is 1. The fourth-order valence-electron chi connectivity index (χ4n) is 2.95. The smallest absolute Gasteiger partial charge is 0.273 e. The lowest BCUT2D eigenvalue weighted by molar-refractivity contribution is 0.153. The summed E-state index contributed by atoms with van der Waals surface area (Å²) in [4.78, 5) is 30.1. The van der Waals surface area contributed by atoms with Gasteiger partial charge in [-0.05, 0) is 19.4 Å². The van der Waals surface area contributed by atoms with Crippen molar-refractivity contribution in [2.75, 3.05) is 20.8 Å². The molecule has 0 amide bonds. The highest BCUT2D eigenvalue weighted by Gasteiger charge is 2.21. The monoisotopic (exact) mass is 389 g/mol. The highest BCUT2D eigenvalue weighted by Crippen LogP contribution is 2.31. The van der Waals surface area contributed by atoms with Gasteiger partial charge in [0.1, 0.15) is 28.4 Å². The van der Waals surface area contributed by atoms with Crippen LogP contribution in [0.2, 0.25) is 5.15 Å². The fraction of sp³-hybridized carbons (Fsp3) is 0.389. The number of aryl methyl sites for hydroxylation is 1. The van der Waals surface area contributed by atoms with Gasteiger partial charge < -0.3 is 9.47 Å². The molecule has 0 aliphatic heterocycles. The molecule has 0 aromatic carbocycles. The summed E-state index contributed by atoms with van der Waals surface area (Å²) in [5.41, 5.74) is 2.16. The van der Waals surface area contributed by atoms with Crippen LogP contribution in [0.5, 0.6) is 5.88 Å². The molecule has 0 unspecified atom stereocenters. The average molecular weight is 390 g/mol. The van der Waals surface area contributed by atoms with E-state index in [1.54, 1.807) is 30.7 Å². The molecule has 27 heavy (non-hydrogen) atoms. The molecule has 8 nitrogen and oxygen atoms in total. The molecule has 0 saturated carbocycles. The Hall–Kier alpha value is -2.58. The Balaban J connectivity index is 2.32. The molecule has 3 aromatic heterocycles. The zero-order chi connectivity index (χ0) is 19.6. The summed E-state index contributed by atoms with van der Waals surface area (Å²) in [6, 6.07) is 3.28. The van der Waals surface area contributed by atoms with Gasteiger partial charge in [0.05, 0.1) is 19.8 Å². The number of fused-ring (bicyclic) bond motifs is 1. The van der Waals surface area contributed by atoms with E-state index in [1.165, 1.54) is 13.4 Å². The third-order valence-corrected chi connectivity index (χ3v) is 4.61. The highest BCUT2D eigenvalue weighted by atomic mass is 35.5. The van der Waals surface area contributed by atoms with Crippen LogP contribution < -0.4 is 10.3 Å². The molecule has 3 heterocycles. The lowest BCUT2D eigenvalue weighted by Crippen LogP contribution is -2.30. The summed E-state index contributed by atoms with van der Waals surface area (Å²) in [5, 5.41) is 0.232. The van der Waals surface area contributed by atoms with Crippen molar-refractivity contribution >= 4 is 22.8 Å². The second kappa shape index (κ2) is 7.98. The van der Waals surface area contributed by atoms with Gasteiger partial charge in [-0.15, -0.1) is 0 Å². The number of rotatable bonds is 6. The lowest BCUT2D eigenvalue weighted by Gasteiger charge is -2.20. The second-order valence-electron chi connectivity index (χ2n) is 5.98. The Morgan fingerprint density at radius 2 is 2.00 bits per heavy atom. The van der Waals surface area contributed by atoms with Crippen LogP contribution in [0.1, 0.15) is 25.1 Å². The van der Waals surface area contributed by atoms with Crippen molar-refractivity contribution in [2.24, 2.45) is 0 Å². The zero-order valence-electron chi connectivity index (χ0n) is 15.6. The minimum absolute atomic E-state index is 0.168. The predicted octanol–water partition coefficient (Wildman–Crippen LogP) is 2.82. The molecule has 0 fully saturated rings. The fourth-order valence-corrected chi connectivity index (χ4v) is 3.18. The van der Waals surface area contributed by atoms with Crippen LogP contribution in [0.4, 0.5) is 0 Å². The first-order valence-electron chi connectivity index (χ1n) is 8.45. The van der Waals surface area contributed by atoms with E-state index in [0.717, 1.165) is 0 Å². The van der Waals surface area contributed by atoms with E-state index in [0.29, 0.717) is 47.0 Å². The van der Waals surface area contributed by atoms with Gasteiger partial charge in [-0.3, -0.25) is 9.36 Å². The molecule has 0 bridgehead atoms. The summed E-state index contributed by atoms with van der Waals surface area (Å²) >= 11 is 6.33. The van der Waals surface area contributed by atoms with Gasteiger partial charge in [-0.25, -0.2) is 19.9 Å². The van der Waals surface area contributed by atoms with Gasteiger partial charge in [0.15, 0.2) is 5.65 Å². The third-order valence-electron chi connectivity index (χ3n) is 4.32. The standard InChI is InChI=1S/C18H20ClN5O3/c1-5-11(8-26-3)24-17-15(22-10(2)18(24)25)14(20-9-21-17)12-6-7-13(27-4)23-16(12)19/h6-7,9,11H,5,8H2,1-4H3/t11-/m1/s1. The van der Waals surface area contributed by atoms with Crippen LogP contribution in [0.25, 0.3) is 22.4 Å². The van der Waals surface area contributed by atoms with E-state index in [-0.39, 0.29) is 16.8 Å².